The number of nitrogens with one attached hydrogen (secondary N) is 1. The van der Waals surface area contributed by atoms with E-state index in [0.29, 0.717) is 6.04 Å². The molecule has 0 aromatic rings. The first-order chi connectivity index (χ1) is 8.11. The molecule has 4 atom stereocenters. The summed E-state index contributed by atoms with van der Waals surface area (Å²) in [5.74, 6) is 3.88. The number of hydrogen-bond donors (Lipinski definition) is 1. The maximum absolute atomic E-state index is 3.35. The Morgan fingerprint density at radius 3 is 2.47 bits per heavy atom. The average molecular weight is 238 g/mol. The van der Waals surface area contributed by atoms with E-state index < -0.39 is 0 Å². The fourth-order valence-electron chi connectivity index (χ4n) is 4.22. The van der Waals surface area contributed by atoms with Crippen LogP contribution >= 0.6 is 0 Å². The molecule has 1 N–H and O–H groups in total. The molecule has 2 fully saturated rings. The third kappa shape index (κ3) is 3.03. The van der Waals surface area contributed by atoms with Crippen LogP contribution in [0.3, 0.4) is 0 Å². The van der Waals surface area contributed by atoms with Gasteiger partial charge >= 0.3 is 0 Å². The molecule has 0 aromatic heterocycles. The van der Waals surface area contributed by atoms with Gasteiger partial charge in [0.05, 0.1) is 0 Å². The van der Waals surface area contributed by atoms with E-state index in [1.807, 2.05) is 0 Å². The SMILES string of the molecule is CNCC(C(C)C)N(C)CC1CC2CCC1C2. The van der Waals surface area contributed by atoms with Gasteiger partial charge in [-0.15, -0.1) is 0 Å². The molecule has 0 aromatic carbocycles. The normalized spacial score (nSPS) is 33.9. The largest absolute Gasteiger partial charge is 0.318 e. The zero-order valence-corrected chi connectivity index (χ0v) is 12.1. The second-order valence-corrected chi connectivity index (χ2v) is 6.74. The third-order valence-corrected chi connectivity index (χ3v) is 5.16. The lowest BCUT2D eigenvalue weighted by atomic mass is 9.88. The average Bonchev–Trinajstić information content (AvgIpc) is 2.86. The van der Waals surface area contributed by atoms with Crippen LogP contribution in [0.2, 0.25) is 0 Å². The molecule has 100 valence electrons. The van der Waals surface area contributed by atoms with E-state index >= 15 is 0 Å². The molecule has 2 aliphatic carbocycles. The van der Waals surface area contributed by atoms with Crippen molar-refractivity contribution in [2.45, 2.75) is 45.6 Å². The highest BCUT2D eigenvalue weighted by Crippen LogP contribution is 2.48. The van der Waals surface area contributed by atoms with E-state index in [2.05, 4.69) is 38.2 Å². The Labute approximate surface area is 107 Å². The smallest absolute Gasteiger partial charge is 0.0240 e. The van der Waals surface area contributed by atoms with E-state index in [1.165, 1.54) is 32.2 Å². The summed E-state index contributed by atoms with van der Waals surface area (Å²) in [7, 11) is 4.40. The monoisotopic (exact) mass is 238 g/mol. The van der Waals surface area contributed by atoms with Gasteiger partial charge < -0.3 is 10.2 Å². The summed E-state index contributed by atoms with van der Waals surface area (Å²) in [5.41, 5.74) is 0. The first kappa shape index (κ1) is 13.4. The van der Waals surface area contributed by atoms with Crippen LogP contribution in [0.4, 0.5) is 0 Å². The number of likely N-dealkylation sites (N-methyl/N-ethyl adjacent to an activating group) is 2. The van der Waals surface area contributed by atoms with Gasteiger partial charge in [-0.05, 0) is 57.0 Å². The predicted octanol–water partition coefficient (Wildman–Crippen LogP) is 2.60. The van der Waals surface area contributed by atoms with Crippen molar-refractivity contribution in [3.05, 3.63) is 0 Å². The molecule has 4 unspecified atom stereocenters. The Bertz CT molecular complexity index is 239. The second-order valence-electron chi connectivity index (χ2n) is 6.74. The minimum Gasteiger partial charge on any atom is -0.318 e. The fraction of sp³-hybridized carbons (Fsp3) is 1.00. The van der Waals surface area contributed by atoms with Crippen molar-refractivity contribution in [1.29, 1.82) is 0 Å². The maximum Gasteiger partial charge on any atom is 0.0240 e. The highest BCUT2D eigenvalue weighted by molar-refractivity contribution is 4.91. The fourth-order valence-corrected chi connectivity index (χ4v) is 4.22. The minimum atomic E-state index is 0.694. The number of nitrogens with zero attached hydrogens (tertiary/aromatic N) is 1. The molecule has 2 aliphatic rings. The van der Waals surface area contributed by atoms with Crippen molar-refractivity contribution in [2.75, 3.05) is 27.2 Å². The van der Waals surface area contributed by atoms with Gasteiger partial charge in [-0.25, -0.2) is 0 Å². The van der Waals surface area contributed by atoms with E-state index in [1.54, 1.807) is 0 Å². The summed E-state index contributed by atoms with van der Waals surface area (Å²) in [6, 6.07) is 0.694. The summed E-state index contributed by atoms with van der Waals surface area (Å²) in [5, 5.41) is 3.35. The van der Waals surface area contributed by atoms with Crippen molar-refractivity contribution in [1.82, 2.24) is 10.2 Å². The summed E-state index contributed by atoms with van der Waals surface area (Å²) in [6.07, 6.45) is 6.09. The van der Waals surface area contributed by atoms with Crippen LogP contribution in [-0.2, 0) is 0 Å². The topological polar surface area (TPSA) is 15.3 Å². The lowest BCUT2D eigenvalue weighted by molar-refractivity contribution is 0.141. The molecule has 2 saturated carbocycles. The van der Waals surface area contributed by atoms with E-state index in [-0.39, 0.29) is 0 Å². The summed E-state index contributed by atoms with van der Waals surface area (Å²) in [4.78, 5) is 2.62. The van der Waals surface area contributed by atoms with E-state index in [9.17, 15) is 0 Å². The Hall–Kier alpha value is -0.0800. The molecule has 0 amide bonds. The lowest BCUT2D eigenvalue weighted by Gasteiger charge is -2.35. The molecule has 2 bridgehead atoms. The van der Waals surface area contributed by atoms with E-state index in [4.69, 9.17) is 0 Å². The van der Waals surface area contributed by atoms with Crippen LogP contribution in [0.15, 0.2) is 0 Å². The lowest BCUT2D eigenvalue weighted by Crippen LogP contribution is -2.45. The van der Waals surface area contributed by atoms with E-state index in [0.717, 1.165) is 30.2 Å². The Morgan fingerprint density at radius 1 is 1.24 bits per heavy atom. The molecule has 2 rings (SSSR count). The summed E-state index contributed by atoms with van der Waals surface area (Å²) < 4.78 is 0. The maximum atomic E-state index is 3.35. The first-order valence-electron chi connectivity index (χ1n) is 7.46. The van der Waals surface area contributed by atoms with Gasteiger partial charge in [-0.2, -0.15) is 0 Å². The van der Waals surface area contributed by atoms with Gasteiger partial charge in [0, 0.05) is 19.1 Å². The molecular weight excluding hydrogens is 208 g/mol. The number of hydrogen-bond acceptors (Lipinski definition) is 2. The van der Waals surface area contributed by atoms with Crippen molar-refractivity contribution in [2.24, 2.45) is 23.7 Å². The third-order valence-electron chi connectivity index (χ3n) is 5.16. The van der Waals surface area contributed by atoms with Crippen molar-refractivity contribution < 1.29 is 0 Å². The van der Waals surface area contributed by atoms with Crippen LogP contribution in [0, 0.1) is 23.7 Å². The van der Waals surface area contributed by atoms with Crippen LogP contribution in [-0.4, -0.2) is 38.1 Å². The van der Waals surface area contributed by atoms with Crippen LogP contribution in [0.5, 0.6) is 0 Å². The Morgan fingerprint density at radius 2 is 2.00 bits per heavy atom. The van der Waals surface area contributed by atoms with Crippen molar-refractivity contribution in [3.63, 3.8) is 0 Å². The van der Waals surface area contributed by atoms with Crippen LogP contribution in [0.25, 0.3) is 0 Å². The Kier molecular flexibility index (Phi) is 4.48. The zero-order valence-electron chi connectivity index (χ0n) is 12.1. The van der Waals surface area contributed by atoms with Gasteiger partial charge in [-0.3, -0.25) is 0 Å². The van der Waals surface area contributed by atoms with Gasteiger partial charge in [-0.1, -0.05) is 20.3 Å². The predicted molar refractivity (Wildman–Crippen MR) is 74.1 cm³/mol. The Balaban J connectivity index is 1.84. The first-order valence-corrected chi connectivity index (χ1v) is 7.46. The molecule has 0 radical (unpaired) electrons. The summed E-state index contributed by atoms with van der Waals surface area (Å²) in [6.45, 7) is 7.14. The van der Waals surface area contributed by atoms with Gasteiger partial charge in [0.15, 0.2) is 0 Å². The molecule has 0 heterocycles. The van der Waals surface area contributed by atoms with Crippen molar-refractivity contribution >= 4 is 0 Å². The molecule has 2 heteroatoms. The van der Waals surface area contributed by atoms with Crippen LogP contribution < -0.4 is 5.32 Å². The highest BCUT2D eigenvalue weighted by Gasteiger charge is 2.40. The number of fused-ring (bicyclic) bond motifs is 2. The van der Waals surface area contributed by atoms with Gasteiger partial charge in [0.1, 0.15) is 0 Å². The molecule has 0 aliphatic heterocycles. The van der Waals surface area contributed by atoms with Crippen molar-refractivity contribution in [3.8, 4) is 0 Å². The quantitative estimate of drug-likeness (QED) is 0.765. The molecule has 2 nitrogen and oxygen atoms in total. The van der Waals surface area contributed by atoms with Gasteiger partial charge in [0.2, 0.25) is 0 Å². The standard InChI is InChI=1S/C15H30N2/c1-11(2)15(9-16-3)17(4)10-14-8-12-5-6-13(14)7-12/h11-16H,5-10H2,1-4H3. The molecule has 17 heavy (non-hydrogen) atoms. The molecule has 0 spiro atoms. The molecule has 0 saturated heterocycles. The summed E-state index contributed by atoms with van der Waals surface area (Å²) >= 11 is 0. The van der Waals surface area contributed by atoms with Crippen LogP contribution in [0.1, 0.15) is 39.5 Å². The number of rotatable bonds is 6. The molecular formula is C15H30N2. The van der Waals surface area contributed by atoms with Gasteiger partial charge in [0.25, 0.3) is 0 Å². The zero-order chi connectivity index (χ0) is 12.4. The minimum absolute atomic E-state index is 0.694. The highest BCUT2D eigenvalue weighted by atomic mass is 15.2. The second kappa shape index (κ2) is 5.71.